The summed E-state index contributed by atoms with van der Waals surface area (Å²) in [5.74, 6) is 1.13. The molecule has 1 atom stereocenters. The Morgan fingerprint density at radius 3 is 2.72 bits per heavy atom. The van der Waals surface area contributed by atoms with Gasteiger partial charge in [-0.15, -0.1) is 0 Å². The van der Waals surface area contributed by atoms with E-state index in [4.69, 9.17) is 20.5 Å². The van der Waals surface area contributed by atoms with E-state index in [0.29, 0.717) is 41.4 Å². The number of hydrogen-bond donors (Lipinski definition) is 1. The van der Waals surface area contributed by atoms with Gasteiger partial charge in [-0.1, -0.05) is 36.9 Å². The minimum Gasteiger partial charge on any atom is -0.492 e. The molecule has 29 heavy (non-hydrogen) atoms. The van der Waals surface area contributed by atoms with Crippen LogP contribution in [0.3, 0.4) is 0 Å². The van der Waals surface area contributed by atoms with Gasteiger partial charge >= 0.3 is 0 Å². The van der Waals surface area contributed by atoms with E-state index in [-0.39, 0.29) is 5.78 Å². The Hall–Kier alpha value is -3.78. The molecule has 0 saturated heterocycles. The van der Waals surface area contributed by atoms with Crippen molar-refractivity contribution in [2.75, 3.05) is 6.61 Å². The van der Waals surface area contributed by atoms with Crippen molar-refractivity contribution in [1.29, 1.82) is 5.26 Å². The highest BCUT2D eigenvalue weighted by Crippen LogP contribution is 2.35. The highest BCUT2D eigenvalue weighted by molar-refractivity contribution is 5.99. The van der Waals surface area contributed by atoms with E-state index in [0.717, 1.165) is 11.1 Å². The first kappa shape index (κ1) is 20.0. The standard InChI is InChI=1S/C24H22N2O3/c1-3-5-19(21(26)4-2)24(17-8-6-16(15-25)7-9-17)29-18-10-11-20-22(27)12-13-28-23(20)14-18/h3-11,14,24H,1,12-13,26H2,2H3/b19-5+,21-4+. The number of nitrogens with zero attached hydrogens (tertiary/aromatic N) is 1. The lowest BCUT2D eigenvalue weighted by atomic mass is 9.97. The van der Waals surface area contributed by atoms with Crippen molar-refractivity contribution in [3.05, 3.63) is 95.2 Å². The van der Waals surface area contributed by atoms with Crippen LogP contribution >= 0.6 is 0 Å². The number of carbonyl (C=O) groups excluding carboxylic acids is 1. The topological polar surface area (TPSA) is 85.3 Å². The average molecular weight is 386 g/mol. The molecular weight excluding hydrogens is 364 g/mol. The molecular formula is C24H22N2O3. The lowest BCUT2D eigenvalue weighted by Gasteiger charge is -2.24. The molecule has 0 aromatic heterocycles. The number of fused-ring (bicyclic) bond motifs is 1. The Kier molecular flexibility index (Phi) is 6.16. The third-order valence-corrected chi connectivity index (χ3v) is 4.66. The molecule has 5 heteroatoms. The summed E-state index contributed by atoms with van der Waals surface area (Å²) < 4.78 is 11.9. The number of Topliss-reactive ketones (excluding diaryl/α,β-unsaturated/α-hetero) is 1. The van der Waals surface area contributed by atoms with Crippen molar-refractivity contribution in [1.82, 2.24) is 0 Å². The Morgan fingerprint density at radius 1 is 1.31 bits per heavy atom. The number of nitriles is 1. The van der Waals surface area contributed by atoms with E-state index in [1.807, 2.05) is 19.1 Å². The minimum atomic E-state index is -0.533. The zero-order valence-electron chi connectivity index (χ0n) is 16.2. The molecule has 146 valence electrons. The van der Waals surface area contributed by atoms with Crippen molar-refractivity contribution < 1.29 is 14.3 Å². The van der Waals surface area contributed by atoms with Gasteiger partial charge in [0.05, 0.1) is 23.8 Å². The largest absolute Gasteiger partial charge is 0.492 e. The zero-order valence-corrected chi connectivity index (χ0v) is 16.2. The summed E-state index contributed by atoms with van der Waals surface area (Å²) >= 11 is 0. The second-order valence-corrected chi connectivity index (χ2v) is 6.51. The third kappa shape index (κ3) is 4.39. The molecule has 2 aromatic carbocycles. The molecule has 2 aromatic rings. The maximum atomic E-state index is 12.0. The van der Waals surface area contributed by atoms with Gasteiger partial charge in [0.1, 0.15) is 11.5 Å². The third-order valence-electron chi connectivity index (χ3n) is 4.66. The lowest BCUT2D eigenvalue weighted by Crippen LogP contribution is -2.17. The first-order valence-electron chi connectivity index (χ1n) is 9.29. The summed E-state index contributed by atoms with van der Waals surface area (Å²) in [4.78, 5) is 12.0. The Bertz CT molecular complexity index is 1030. The fourth-order valence-electron chi connectivity index (χ4n) is 3.12. The predicted molar refractivity (Wildman–Crippen MR) is 112 cm³/mol. The maximum Gasteiger partial charge on any atom is 0.169 e. The molecule has 0 bridgehead atoms. The number of carbonyl (C=O) groups is 1. The van der Waals surface area contributed by atoms with Gasteiger partial charge < -0.3 is 15.2 Å². The molecule has 2 N–H and O–H groups in total. The number of hydrogen-bond acceptors (Lipinski definition) is 5. The number of benzene rings is 2. The fraction of sp³-hybridized carbons (Fsp3) is 0.167. The van der Waals surface area contributed by atoms with E-state index in [2.05, 4.69) is 12.6 Å². The quantitative estimate of drug-likeness (QED) is 0.732. The van der Waals surface area contributed by atoms with Crippen LogP contribution in [-0.2, 0) is 0 Å². The summed E-state index contributed by atoms with van der Waals surface area (Å²) in [6, 6.07) is 14.4. The molecule has 0 spiro atoms. The van der Waals surface area contributed by atoms with Gasteiger partial charge in [-0.3, -0.25) is 4.79 Å². The molecule has 0 saturated carbocycles. The highest BCUT2D eigenvalue weighted by atomic mass is 16.5. The molecule has 1 aliphatic heterocycles. The predicted octanol–water partition coefficient (Wildman–Crippen LogP) is 4.62. The lowest BCUT2D eigenvalue weighted by molar-refractivity contribution is 0.0933. The van der Waals surface area contributed by atoms with Crippen LogP contribution in [0.15, 0.2) is 78.5 Å². The molecule has 1 unspecified atom stereocenters. The maximum absolute atomic E-state index is 12.0. The van der Waals surface area contributed by atoms with Gasteiger partial charge in [0.2, 0.25) is 0 Å². The van der Waals surface area contributed by atoms with E-state index in [1.54, 1.807) is 48.6 Å². The second-order valence-electron chi connectivity index (χ2n) is 6.51. The van der Waals surface area contributed by atoms with Gasteiger partial charge in [-0.2, -0.15) is 5.26 Å². The average Bonchev–Trinajstić information content (AvgIpc) is 2.76. The van der Waals surface area contributed by atoms with Gasteiger partial charge in [0.25, 0.3) is 0 Å². The molecule has 3 rings (SSSR count). The first-order chi connectivity index (χ1) is 14.1. The van der Waals surface area contributed by atoms with Crippen LogP contribution in [0, 0.1) is 11.3 Å². The van der Waals surface area contributed by atoms with Gasteiger partial charge in [-0.25, -0.2) is 0 Å². The minimum absolute atomic E-state index is 0.0619. The summed E-state index contributed by atoms with van der Waals surface area (Å²) in [6.45, 7) is 5.99. The summed E-state index contributed by atoms with van der Waals surface area (Å²) in [5, 5.41) is 9.08. The van der Waals surface area contributed by atoms with Crippen molar-refractivity contribution in [2.45, 2.75) is 19.4 Å². The fourth-order valence-corrected chi connectivity index (χ4v) is 3.12. The van der Waals surface area contributed by atoms with Crippen LogP contribution < -0.4 is 15.2 Å². The first-order valence-corrected chi connectivity index (χ1v) is 9.29. The van der Waals surface area contributed by atoms with Crippen LogP contribution in [0.5, 0.6) is 11.5 Å². The van der Waals surface area contributed by atoms with Crippen LogP contribution in [0.4, 0.5) is 0 Å². The van der Waals surface area contributed by atoms with E-state index in [1.165, 1.54) is 0 Å². The van der Waals surface area contributed by atoms with Gasteiger partial charge in [0.15, 0.2) is 11.9 Å². The van der Waals surface area contributed by atoms with Crippen molar-refractivity contribution in [3.63, 3.8) is 0 Å². The number of allylic oxidation sites excluding steroid dienone is 3. The van der Waals surface area contributed by atoms with Crippen molar-refractivity contribution >= 4 is 5.78 Å². The number of ketones is 1. The number of ether oxygens (including phenoxy) is 2. The van der Waals surface area contributed by atoms with Gasteiger partial charge in [-0.05, 0) is 36.8 Å². The molecule has 0 radical (unpaired) electrons. The molecule has 0 fully saturated rings. The van der Waals surface area contributed by atoms with E-state index >= 15 is 0 Å². The Balaban J connectivity index is 2.03. The number of rotatable bonds is 6. The molecule has 5 nitrogen and oxygen atoms in total. The Labute approximate surface area is 170 Å². The SMILES string of the molecule is C=C/C=C(\C(N)=C/C)C(Oc1ccc2c(c1)OCCC2=O)c1ccc(C#N)cc1. The molecule has 0 aliphatic carbocycles. The van der Waals surface area contributed by atoms with Crippen LogP contribution in [-0.4, -0.2) is 12.4 Å². The van der Waals surface area contributed by atoms with E-state index < -0.39 is 6.10 Å². The number of nitrogens with two attached hydrogens (primary N) is 1. The van der Waals surface area contributed by atoms with Crippen LogP contribution in [0.1, 0.15) is 40.9 Å². The molecule has 0 amide bonds. The van der Waals surface area contributed by atoms with Gasteiger partial charge in [0, 0.05) is 23.8 Å². The molecule has 1 aliphatic rings. The Morgan fingerprint density at radius 2 is 2.07 bits per heavy atom. The molecule has 1 heterocycles. The highest BCUT2D eigenvalue weighted by Gasteiger charge is 2.23. The van der Waals surface area contributed by atoms with E-state index in [9.17, 15) is 4.79 Å². The van der Waals surface area contributed by atoms with Crippen molar-refractivity contribution in [3.8, 4) is 17.6 Å². The van der Waals surface area contributed by atoms with Crippen LogP contribution in [0.2, 0.25) is 0 Å². The summed E-state index contributed by atoms with van der Waals surface area (Å²) in [5.41, 5.74) is 9.47. The van der Waals surface area contributed by atoms with Crippen molar-refractivity contribution in [2.24, 2.45) is 5.73 Å². The summed E-state index contributed by atoms with van der Waals surface area (Å²) in [6.07, 6.45) is 5.10. The second kappa shape index (κ2) is 8.94. The summed E-state index contributed by atoms with van der Waals surface area (Å²) in [7, 11) is 0. The normalized spacial score (nSPS) is 15.0. The monoisotopic (exact) mass is 386 g/mol. The zero-order chi connectivity index (χ0) is 20.8. The van der Waals surface area contributed by atoms with Crippen LogP contribution in [0.25, 0.3) is 0 Å². The smallest absolute Gasteiger partial charge is 0.169 e.